The molecule has 0 unspecified atom stereocenters. The minimum Gasteiger partial charge on any atom is -0.505 e. The molecule has 0 atom stereocenters. The van der Waals surface area contributed by atoms with Gasteiger partial charge in [-0.25, -0.2) is 10.8 Å². The number of aliphatic hydroxyl groups is 1. The average molecular weight is 152 g/mol. The fourth-order valence-corrected chi connectivity index (χ4v) is 1.05. The third-order valence-corrected chi connectivity index (χ3v) is 1.51. The highest BCUT2D eigenvalue weighted by Crippen LogP contribution is 2.18. The average Bonchev–Trinajstić information content (AvgIpc) is 2.27. The lowest BCUT2D eigenvalue weighted by Gasteiger charge is -2.17. The van der Waals surface area contributed by atoms with Crippen LogP contribution in [-0.2, 0) is 0 Å². The number of rotatable bonds is 0. The summed E-state index contributed by atoms with van der Waals surface area (Å²) in [4.78, 5) is 5.70. The molecule has 5 nitrogen and oxygen atoms in total. The summed E-state index contributed by atoms with van der Waals surface area (Å²) in [6.45, 7) is 0.538. The number of nitrogens with two attached hydrogens (primary N) is 1. The first-order valence-electron chi connectivity index (χ1n) is 3.20. The molecule has 58 valence electrons. The van der Waals surface area contributed by atoms with E-state index in [1.54, 1.807) is 17.3 Å². The molecule has 5 heteroatoms. The van der Waals surface area contributed by atoms with Crippen LogP contribution in [0.3, 0.4) is 0 Å². The Hall–Kier alpha value is -1.49. The molecule has 0 amide bonds. The van der Waals surface area contributed by atoms with Gasteiger partial charge in [0.25, 0.3) is 0 Å². The van der Waals surface area contributed by atoms with Crippen molar-refractivity contribution in [2.24, 2.45) is 10.8 Å². The van der Waals surface area contributed by atoms with Crippen LogP contribution in [0.4, 0.5) is 0 Å². The molecule has 0 aromatic rings. The standard InChI is InChI=1S/C6H8N4O/c7-10-3-6-8-1-5(11)2-9(6)4-10/h1-3,11H,4,7H2. The molecule has 0 aromatic carbocycles. The summed E-state index contributed by atoms with van der Waals surface area (Å²) in [6, 6.07) is 0. The van der Waals surface area contributed by atoms with Crippen molar-refractivity contribution in [3.8, 4) is 0 Å². The fourth-order valence-electron chi connectivity index (χ4n) is 1.05. The number of hydrazine groups is 1. The molecule has 0 bridgehead atoms. The van der Waals surface area contributed by atoms with Gasteiger partial charge in [0.1, 0.15) is 12.4 Å². The highest BCUT2D eigenvalue weighted by molar-refractivity contribution is 5.77. The lowest BCUT2D eigenvalue weighted by Crippen LogP contribution is -2.29. The van der Waals surface area contributed by atoms with Gasteiger partial charge in [-0.3, -0.25) is 5.01 Å². The molecule has 0 spiro atoms. The van der Waals surface area contributed by atoms with E-state index < -0.39 is 0 Å². The van der Waals surface area contributed by atoms with Crippen LogP contribution in [0.1, 0.15) is 0 Å². The summed E-state index contributed by atoms with van der Waals surface area (Å²) in [5, 5.41) is 10.5. The molecule has 0 radical (unpaired) electrons. The van der Waals surface area contributed by atoms with Gasteiger partial charge in [0.05, 0.1) is 18.6 Å². The Morgan fingerprint density at radius 2 is 2.36 bits per heavy atom. The van der Waals surface area contributed by atoms with Crippen LogP contribution in [0.25, 0.3) is 0 Å². The summed E-state index contributed by atoms with van der Waals surface area (Å²) in [6.07, 6.45) is 4.69. The van der Waals surface area contributed by atoms with Gasteiger partial charge in [0.2, 0.25) is 0 Å². The van der Waals surface area contributed by atoms with Gasteiger partial charge < -0.3 is 10.0 Å². The number of hydrogen-bond acceptors (Lipinski definition) is 5. The predicted octanol–water partition coefficient (Wildman–Crippen LogP) is -0.282. The smallest absolute Gasteiger partial charge is 0.151 e. The molecule has 0 aromatic heterocycles. The van der Waals surface area contributed by atoms with Crippen LogP contribution in [-0.4, -0.2) is 27.9 Å². The van der Waals surface area contributed by atoms with Crippen LogP contribution >= 0.6 is 0 Å². The van der Waals surface area contributed by atoms with Gasteiger partial charge in [-0.2, -0.15) is 0 Å². The van der Waals surface area contributed by atoms with E-state index >= 15 is 0 Å². The van der Waals surface area contributed by atoms with Gasteiger partial charge in [0, 0.05) is 0 Å². The number of hydrogen-bond donors (Lipinski definition) is 2. The number of aliphatic imine (C=N–C) groups is 1. The highest BCUT2D eigenvalue weighted by Gasteiger charge is 2.19. The summed E-state index contributed by atoms with van der Waals surface area (Å²) < 4.78 is 0. The highest BCUT2D eigenvalue weighted by atomic mass is 16.3. The van der Waals surface area contributed by atoms with E-state index in [0.717, 1.165) is 5.82 Å². The Labute approximate surface area is 63.7 Å². The second-order valence-corrected chi connectivity index (χ2v) is 2.42. The van der Waals surface area contributed by atoms with E-state index in [1.165, 1.54) is 11.2 Å². The van der Waals surface area contributed by atoms with Crippen LogP contribution in [0.15, 0.2) is 29.0 Å². The molecule has 0 saturated carbocycles. The Morgan fingerprint density at radius 3 is 3.18 bits per heavy atom. The van der Waals surface area contributed by atoms with Crippen LogP contribution in [0.2, 0.25) is 0 Å². The van der Waals surface area contributed by atoms with Gasteiger partial charge in [-0.05, 0) is 0 Å². The number of fused-ring (bicyclic) bond motifs is 1. The normalized spacial score (nSPS) is 21.5. The zero-order chi connectivity index (χ0) is 7.84. The summed E-state index contributed by atoms with van der Waals surface area (Å²) in [5.74, 6) is 6.38. The Morgan fingerprint density at radius 1 is 1.55 bits per heavy atom. The van der Waals surface area contributed by atoms with E-state index in [-0.39, 0.29) is 5.76 Å². The van der Waals surface area contributed by atoms with Crippen molar-refractivity contribution in [2.45, 2.75) is 0 Å². The molecule has 2 rings (SSSR count). The molecule has 0 fully saturated rings. The third kappa shape index (κ3) is 0.947. The maximum absolute atomic E-state index is 9.03. The van der Waals surface area contributed by atoms with Crippen molar-refractivity contribution in [2.75, 3.05) is 6.67 Å². The van der Waals surface area contributed by atoms with Gasteiger partial charge in [-0.15, -0.1) is 0 Å². The van der Waals surface area contributed by atoms with Crippen molar-refractivity contribution in [1.29, 1.82) is 0 Å². The summed E-state index contributed by atoms with van der Waals surface area (Å²) in [7, 11) is 0. The summed E-state index contributed by atoms with van der Waals surface area (Å²) in [5.41, 5.74) is 0. The minimum atomic E-state index is 0.150. The molecule has 0 aliphatic carbocycles. The van der Waals surface area contributed by atoms with E-state index in [2.05, 4.69) is 4.99 Å². The van der Waals surface area contributed by atoms with E-state index in [0.29, 0.717) is 6.67 Å². The van der Waals surface area contributed by atoms with Gasteiger partial charge in [-0.1, -0.05) is 0 Å². The van der Waals surface area contributed by atoms with Crippen molar-refractivity contribution in [3.05, 3.63) is 24.0 Å². The van der Waals surface area contributed by atoms with Crippen LogP contribution in [0.5, 0.6) is 0 Å². The maximum Gasteiger partial charge on any atom is 0.151 e. The second kappa shape index (κ2) is 2.00. The third-order valence-electron chi connectivity index (χ3n) is 1.51. The number of aliphatic hydroxyl groups excluding tert-OH is 1. The topological polar surface area (TPSA) is 65.1 Å². The molecule has 0 saturated heterocycles. The Bertz CT molecular complexity index is 268. The van der Waals surface area contributed by atoms with E-state index in [1.807, 2.05) is 0 Å². The van der Waals surface area contributed by atoms with Crippen molar-refractivity contribution in [1.82, 2.24) is 9.91 Å². The monoisotopic (exact) mass is 152 g/mol. The largest absolute Gasteiger partial charge is 0.505 e. The quantitative estimate of drug-likeness (QED) is 0.468. The second-order valence-electron chi connectivity index (χ2n) is 2.42. The van der Waals surface area contributed by atoms with E-state index in [4.69, 9.17) is 10.9 Å². The van der Waals surface area contributed by atoms with Crippen molar-refractivity contribution >= 4 is 6.21 Å². The van der Waals surface area contributed by atoms with Gasteiger partial charge >= 0.3 is 0 Å². The Balaban J connectivity index is 2.29. The zero-order valence-electron chi connectivity index (χ0n) is 5.81. The molecule has 2 heterocycles. The molecule has 2 aliphatic rings. The van der Waals surface area contributed by atoms with Crippen LogP contribution < -0.4 is 5.84 Å². The molecular formula is C6H8N4O. The molecule has 3 N–H and O–H groups in total. The van der Waals surface area contributed by atoms with Crippen LogP contribution in [0, 0.1) is 0 Å². The first-order valence-corrected chi connectivity index (χ1v) is 3.20. The van der Waals surface area contributed by atoms with E-state index in [9.17, 15) is 0 Å². The first kappa shape index (κ1) is 6.23. The fraction of sp³-hybridized carbons (Fsp3) is 0.167. The van der Waals surface area contributed by atoms with Crippen molar-refractivity contribution in [3.63, 3.8) is 0 Å². The number of nitrogens with zero attached hydrogens (tertiary/aromatic N) is 3. The lowest BCUT2D eigenvalue weighted by molar-refractivity contribution is 0.304. The van der Waals surface area contributed by atoms with Gasteiger partial charge in [0.15, 0.2) is 5.82 Å². The first-order chi connectivity index (χ1) is 5.25. The number of allylic oxidation sites excluding steroid dienone is 1. The molecule has 11 heavy (non-hydrogen) atoms. The molecule has 2 aliphatic heterocycles. The Kier molecular flexibility index (Phi) is 1.13. The molecular weight excluding hydrogens is 144 g/mol. The minimum absolute atomic E-state index is 0.150. The predicted molar refractivity (Wildman–Crippen MR) is 40.0 cm³/mol. The van der Waals surface area contributed by atoms with Crippen molar-refractivity contribution < 1.29 is 5.11 Å². The summed E-state index contributed by atoms with van der Waals surface area (Å²) >= 11 is 0. The maximum atomic E-state index is 9.03. The zero-order valence-corrected chi connectivity index (χ0v) is 5.81. The SMILES string of the molecule is NN1C=C2N=CC(O)=CN2C1. The lowest BCUT2D eigenvalue weighted by atomic mass is 10.5.